The number of hydrogen-bond acceptors (Lipinski definition) is 3. The Morgan fingerprint density at radius 2 is 1.60 bits per heavy atom. The van der Waals surface area contributed by atoms with Crippen LogP contribution in [0.2, 0.25) is 0 Å². The third-order valence-electron chi connectivity index (χ3n) is 3.86. The number of hydrogen-bond donors (Lipinski definition) is 1. The number of carbonyl (C=O) groups is 2. The van der Waals surface area contributed by atoms with Gasteiger partial charge in [0.1, 0.15) is 11.2 Å². The Bertz CT molecular complexity index is 559. The number of amides is 2. The van der Waals surface area contributed by atoms with Crippen LogP contribution in [0.5, 0.6) is 5.75 Å². The quantitative estimate of drug-likeness (QED) is 0.684. The molecule has 1 aromatic carbocycles. The SMILES string of the molecule is CCCN(CCC)C(=O)C(C)(C)C(=O)Nc1ccc(OC(C)C)cc1. The average molecular weight is 348 g/mol. The summed E-state index contributed by atoms with van der Waals surface area (Å²) in [6, 6.07) is 7.19. The summed E-state index contributed by atoms with van der Waals surface area (Å²) in [5.74, 6) is 0.320. The lowest BCUT2D eigenvalue weighted by atomic mass is 9.90. The molecule has 140 valence electrons. The summed E-state index contributed by atoms with van der Waals surface area (Å²) in [6.45, 7) is 12.7. The van der Waals surface area contributed by atoms with Crippen molar-refractivity contribution >= 4 is 17.5 Å². The zero-order valence-electron chi connectivity index (χ0n) is 16.4. The van der Waals surface area contributed by atoms with Crippen molar-refractivity contribution in [1.29, 1.82) is 0 Å². The van der Waals surface area contributed by atoms with Gasteiger partial charge in [-0.2, -0.15) is 0 Å². The van der Waals surface area contributed by atoms with E-state index in [1.165, 1.54) is 0 Å². The summed E-state index contributed by atoms with van der Waals surface area (Å²) >= 11 is 0. The number of benzene rings is 1. The predicted octanol–water partition coefficient (Wildman–Crippen LogP) is 4.09. The van der Waals surface area contributed by atoms with Gasteiger partial charge in [0.15, 0.2) is 0 Å². The zero-order chi connectivity index (χ0) is 19.0. The van der Waals surface area contributed by atoms with Crippen molar-refractivity contribution < 1.29 is 14.3 Å². The Kier molecular flexibility index (Phi) is 7.94. The second-order valence-electron chi connectivity index (χ2n) is 7.06. The molecule has 0 spiro atoms. The van der Waals surface area contributed by atoms with Crippen LogP contribution in [-0.2, 0) is 9.59 Å². The van der Waals surface area contributed by atoms with Gasteiger partial charge in [-0.3, -0.25) is 9.59 Å². The molecule has 0 radical (unpaired) electrons. The second-order valence-corrected chi connectivity index (χ2v) is 7.06. The maximum Gasteiger partial charge on any atom is 0.239 e. The highest BCUT2D eigenvalue weighted by Crippen LogP contribution is 2.24. The van der Waals surface area contributed by atoms with Gasteiger partial charge in [0.05, 0.1) is 6.10 Å². The van der Waals surface area contributed by atoms with Crippen molar-refractivity contribution in [3.63, 3.8) is 0 Å². The number of nitrogens with zero attached hydrogens (tertiary/aromatic N) is 1. The monoisotopic (exact) mass is 348 g/mol. The molecule has 0 bridgehead atoms. The van der Waals surface area contributed by atoms with Crippen LogP contribution in [0.15, 0.2) is 24.3 Å². The summed E-state index contributed by atoms with van der Waals surface area (Å²) in [4.78, 5) is 27.2. The van der Waals surface area contributed by atoms with Crippen molar-refractivity contribution in [2.75, 3.05) is 18.4 Å². The first kappa shape index (κ1) is 21.0. The van der Waals surface area contributed by atoms with Crippen molar-refractivity contribution in [2.24, 2.45) is 5.41 Å². The number of carbonyl (C=O) groups excluding carboxylic acids is 2. The molecule has 0 saturated carbocycles. The second kappa shape index (κ2) is 9.44. The normalized spacial score (nSPS) is 11.3. The van der Waals surface area contributed by atoms with E-state index in [1.807, 2.05) is 39.8 Å². The van der Waals surface area contributed by atoms with E-state index in [2.05, 4.69) is 5.32 Å². The Balaban J connectivity index is 2.80. The van der Waals surface area contributed by atoms with Crippen molar-refractivity contribution in [1.82, 2.24) is 4.90 Å². The van der Waals surface area contributed by atoms with Crippen molar-refractivity contribution in [2.45, 2.75) is 60.5 Å². The molecule has 25 heavy (non-hydrogen) atoms. The minimum absolute atomic E-state index is 0.0973. The number of anilines is 1. The van der Waals surface area contributed by atoms with E-state index >= 15 is 0 Å². The van der Waals surface area contributed by atoms with E-state index < -0.39 is 5.41 Å². The van der Waals surface area contributed by atoms with Crippen LogP contribution in [0.25, 0.3) is 0 Å². The maximum absolute atomic E-state index is 12.8. The largest absolute Gasteiger partial charge is 0.491 e. The fourth-order valence-corrected chi connectivity index (χ4v) is 2.52. The van der Waals surface area contributed by atoms with Gasteiger partial charge in [-0.15, -0.1) is 0 Å². The fraction of sp³-hybridized carbons (Fsp3) is 0.600. The maximum atomic E-state index is 12.8. The molecule has 0 atom stereocenters. The Morgan fingerprint density at radius 3 is 2.04 bits per heavy atom. The van der Waals surface area contributed by atoms with E-state index in [4.69, 9.17) is 4.74 Å². The summed E-state index contributed by atoms with van der Waals surface area (Å²) in [5, 5.41) is 2.84. The van der Waals surface area contributed by atoms with Gasteiger partial charge in [-0.05, 0) is 64.8 Å². The van der Waals surface area contributed by atoms with Crippen LogP contribution in [-0.4, -0.2) is 35.9 Å². The van der Waals surface area contributed by atoms with Crippen molar-refractivity contribution in [3.05, 3.63) is 24.3 Å². The molecular weight excluding hydrogens is 316 g/mol. The molecule has 5 heteroatoms. The standard InChI is InChI=1S/C20H32N2O3/c1-7-13-22(14-8-2)19(24)20(5,6)18(23)21-16-9-11-17(12-10-16)25-15(3)4/h9-12,15H,7-8,13-14H2,1-6H3,(H,21,23). The summed E-state index contributed by atoms with van der Waals surface area (Å²) < 4.78 is 5.59. The smallest absolute Gasteiger partial charge is 0.239 e. The highest BCUT2D eigenvalue weighted by molar-refractivity contribution is 6.09. The first-order valence-corrected chi connectivity index (χ1v) is 9.09. The fourth-order valence-electron chi connectivity index (χ4n) is 2.52. The lowest BCUT2D eigenvalue weighted by Crippen LogP contribution is -2.47. The third kappa shape index (κ3) is 6.07. The van der Waals surface area contributed by atoms with Crippen molar-refractivity contribution in [3.8, 4) is 5.75 Å². The van der Waals surface area contributed by atoms with E-state index in [0.717, 1.165) is 18.6 Å². The average Bonchev–Trinajstić information content (AvgIpc) is 2.55. The van der Waals surface area contributed by atoms with E-state index in [1.54, 1.807) is 30.9 Å². The molecule has 5 nitrogen and oxygen atoms in total. The van der Waals surface area contributed by atoms with Crippen LogP contribution < -0.4 is 10.1 Å². The predicted molar refractivity (Wildman–Crippen MR) is 102 cm³/mol. The van der Waals surface area contributed by atoms with Crippen LogP contribution in [0, 0.1) is 5.41 Å². The van der Waals surface area contributed by atoms with Gasteiger partial charge in [0.2, 0.25) is 11.8 Å². The highest BCUT2D eigenvalue weighted by atomic mass is 16.5. The van der Waals surface area contributed by atoms with Crippen LogP contribution >= 0.6 is 0 Å². The molecule has 1 rings (SSSR count). The molecule has 0 fully saturated rings. The van der Waals surface area contributed by atoms with Gasteiger partial charge in [0.25, 0.3) is 0 Å². The van der Waals surface area contributed by atoms with Crippen LogP contribution in [0.3, 0.4) is 0 Å². The molecule has 0 saturated heterocycles. The van der Waals surface area contributed by atoms with E-state index in [0.29, 0.717) is 18.8 Å². The zero-order valence-corrected chi connectivity index (χ0v) is 16.4. The lowest BCUT2D eigenvalue weighted by molar-refractivity contribution is -0.146. The molecule has 1 N–H and O–H groups in total. The number of rotatable bonds is 9. The molecule has 0 unspecified atom stereocenters. The van der Waals surface area contributed by atoms with Gasteiger partial charge in [0, 0.05) is 18.8 Å². The summed E-state index contributed by atoms with van der Waals surface area (Å²) in [7, 11) is 0. The minimum atomic E-state index is -1.11. The van der Waals surface area contributed by atoms with Gasteiger partial charge in [-0.1, -0.05) is 13.8 Å². The minimum Gasteiger partial charge on any atom is -0.491 e. The van der Waals surface area contributed by atoms with Gasteiger partial charge < -0.3 is 15.0 Å². The van der Waals surface area contributed by atoms with E-state index in [-0.39, 0.29) is 17.9 Å². The Labute approximate surface area is 151 Å². The Hall–Kier alpha value is -2.04. The first-order valence-electron chi connectivity index (χ1n) is 9.09. The highest BCUT2D eigenvalue weighted by Gasteiger charge is 2.38. The van der Waals surface area contributed by atoms with E-state index in [9.17, 15) is 9.59 Å². The number of ether oxygens (including phenoxy) is 1. The van der Waals surface area contributed by atoms with Crippen LogP contribution in [0.1, 0.15) is 54.4 Å². The lowest BCUT2D eigenvalue weighted by Gasteiger charge is -2.30. The molecule has 2 amide bonds. The summed E-state index contributed by atoms with van der Waals surface area (Å²) in [5.41, 5.74) is -0.461. The topological polar surface area (TPSA) is 58.6 Å². The molecule has 0 aliphatic rings. The number of nitrogens with one attached hydrogen (secondary N) is 1. The van der Waals surface area contributed by atoms with Gasteiger partial charge >= 0.3 is 0 Å². The third-order valence-corrected chi connectivity index (χ3v) is 3.86. The molecule has 0 heterocycles. The molecule has 0 aliphatic carbocycles. The molecule has 0 aliphatic heterocycles. The first-order chi connectivity index (χ1) is 11.7. The molecule has 0 aromatic heterocycles. The Morgan fingerprint density at radius 1 is 1.08 bits per heavy atom. The molecule has 1 aromatic rings. The molecular formula is C20H32N2O3. The van der Waals surface area contributed by atoms with Gasteiger partial charge in [-0.25, -0.2) is 0 Å². The van der Waals surface area contributed by atoms with Crippen LogP contribution in [0.4, 0.5) is 5.69 Å². The summed E-state index contributed by atoms with van der Waals surface area (Å²) in [6.07, 6.45) is 1.85.